The first-order chi connectivity index (χ1) is 18.7. The van der Waals surface area contributed by atoms with Crippen LogP contribution in [0.3, 0.4) is 0 Å². The first-order valence-corrected chi connectivity index (χ1v) is 17.4. The van der Waals surface area contributed by atoms with Crippen LogP contribution in [0.1, 0.15) is 50.2 Å². The van der Waals surface area contributed by atoms with Crippen LogP contribution in [0.15, 0.2) is 48.5 Å². The topological polar surface area (TPSA) is 70.1 Å². The summed E-state index contributed by atoms with van der Waals surface area (Å²) in [5.74, 6) is 0.110. The van der Waals surface area contributed by atoms with E-state index in [1.165, 1.54) is 5.56 Å². The van der Waals surface area contributed by atoms with Crippen molar-refractivity contribution in [1.82, 2.24) is 4.90 Å². The number of benzene rings is 2. The first kappa shape index (κ1) is 28.0. The van der Waals surface area contributed by atoms with Gasteiger partial charge in [0.25, 0.3) is 0 Å². The fourth-order valence-electron chi connectivity index (χ4n) is 7.05. The Morgan fingerprint density at radius 1 is 1.10 bits per heavy atom. The van der Waals surface area contributed by atoms with Gasteiger partial charge in [-0.1, -0.05) is 37.3 Å². The summed E-state index contributed by atoms with van der Waals surface area (Å²) in [5, 5.41) is 9.64. The predicted octanol–water partition coefficient (Wildman–Crippen LogP) is 5.55. The molecule has 2 amide bonds. The quantitative estimate of drug-likeness (QED) is 0.344. The van der Waals surface area contributed by atoms with E-state index in [0.29, 0.717) is 13.0 Å². The van der Waals surface area contributed by atoms with E-state index >= 15 is 4.11 Å². The molecule has 0 unspecified atom stereocenters. The maximum absolute atomic E-state index is 15.5. The van der Waals surface area contributed by atoms with Crippen LogP contribution in [-0.4, -0.2) is 61.6 Å². The van der Waals surface area contributed by atoms with E-state index in [-0.39, 0.29) is 48.4 Å². The number of para-hydroxylation sites is 1. The van der Waals surface area contributed by atoms with Crippen molar-refractivity contribution in [2.24, 2.45) is 5.92 Å². The molecule has 3 aliphatic heterocycles. The zero-order valence-electron chi connectivity index (χ0n) is 23.3. The van der Waals surface area contributed by atoms with Gasteiger partial charge in [0, 0.05) is 24.2 Å². The van der Waals surface area contributed by atoms with Gasteiger partial charge in [0.15, 0.2) is 0 Å². The summed E-state index contributed by atoms with van der Waals surface area (Å²) in [6.45, 7) is 6.15. The smallest absolute Gasteiger partial charge is 0.246 e. The number of aliphatic hydroxyl groups is 1. The fraction of sp³-hybridized carbons (Fsp3) is 0.548. The number of hydrogen-bond donors (Lipinski definition) is 1. The summed E-state index contributed by atoms with van der Waals surface area (Å²) in [5.41, 5.74) is 3.91. The molecule has 0 bridgehead atoms. The van der Waals surface area contributed by atoms with Crippen LogP contribution >= 0.6 is 0 Å². The number of rotatable bonds is 8. The lowest BCUT2D eigenvalue weighted by Gasteiger charge is -2.30. The monoisotopic (exact) mass is 552 g/mol. The van der Waals surface area contributed by atoms with Gasteiger partial charge in [0.2, 0.25) is 20.2 Å². The van der Waals surface area contributed by atoms with Crippen LogP contribution in [0.2, 0.25) is 18.6 Å². The van der Waals surface area contributed by atoms with E-state index < -0.39 is 14.5 Å². The number of carbonyl (C=O) groups excluding carboxylic acids is 2. The number of hydrogen-bond acceptors (Lipinski definition) is 4. The van der Waals surface area contributed by atoms with Gasteiger partial charge in [0.1, 0.15) is 0 Å². The fourth-order valence-corrected chi connectivity index (χ4v) is 9.60. The molecule has 0 saturated carbocycles. The number of likely N-dealkylation sites (tertiary alicyclic amines) is 1. The summed E-state index contributed by atoms with van der Waals surface area (Å²) in [6, 6.07) is 16.1. The normalized spacial score (nSPS) is 27.2. The van der Waals surface area contributed by atoms with Gasteiger partial charge in [-0.05, 0) is 80.4 Å². The second-order valence-electron chi connectivity index (χ2n) is 12.0. The van der Waals surface area contributed by atoms with Gasteiger partial charge in [-0.15, -0.1) is 0 Å². The SMILES string of the molecule is C[C@H]1[C@H]([Si](C)(C)F)[C@@H](CC(=O)N2CCC[C@H]2CO)O[C@H]1CCc1ccc(N2C(=O)CCc3ccccc32)cc1. The van der Waals surface area contributed by atoms with Crippen molar-refractivity contribution in [3.63, 3.8) is 0 Å². The molecule has 5 rings (SSSR count). The number of anilines is 2. The van der Waals surface area contributed by atoms with E-state index in [1.807, 2.05) is 35.2 Å². The molecule has 2 fully saturated rings. The van der Waals surface area contributed by atoms with Crippen molar-refractivity contribution < 1.29 is 23.5 Å². The Morgan fingerprint density at radius 2 is 1.85 bits per heavy atom. The number of fused-ring (bicyclic) bond motifs is 1. The van der Waals surface area contributed by atoms with E-state index in [9.17, 15) is 14.7 Å². The molecule has 2 aromatic rings. The van der Waals surface area contributed by atoms with Gasteiger partial charge in [-0.3, -0.25) is 14.5 Å². The number of amides is 2. The third-order valence-corrected chi connectivity index (χ3v) is 11.5. The Morgan fingerprint density at radius 3 is 2.56 bits per heavy atom. The number of nitrogens with zero attached hydrogens (tertiary/aromatic N) is 2. The Hall–Kier alpha value is -2.55. The summed E-state index contributed by atoms with van der Waals surface area (Å²) < 4.78 is 22.0. The maximum Gasteiger partial charge on any atom is 0.246 e. The third-order valence-electron chi connectivity index (χ3n) is 8.98. The largest absolute Gasteiger partial charge is 0.394 e. The molecule has 2 aromatic carbocycles. The number of carbonyl (C=O) groups is 2. The molecule has 0 spiro atoms. The van der Waals surface area contributed by atoms with Gasteiger partial charge in [0.05, 0.1) is 37.0 Å². The van der Waals surface area contributed by atoms with Crippen LogP contribution in [-0.2, 0) is 27.2 Å². The van der Waals surface area contributed by atoms with Crippen molar-refractivity contribution in [2.45, 2.75) is 88.8 Å². The van der Waals surface area contributed by atoms with E-state index in [2.05, 4.69) is 25.1 Å². The van der Waals surface area contributed by atoms with Crippen molar-refractivity contribution in [3.8, 4) is 0 Å². The van der Waals surface area contributed by atoms with Crippen molar-refractivity contribution in [1.29, 1.82) is 0 Å². The molecular formula is C31H41FN2O4Si. The summed E-state index contributed by atoms with van der Waals surface area (Å²) in [6.07, 6.45) is 4.17. The minimum absolute atomic E-state index is 0.0275. The lowest BCUT2D eigenvalue weighted by Crippen LogP contribution is -2.42. The molecule has 1 N–H and O–H groups in total. The average Bonchev–Trinajstić information content (AvgIpc) is 3.52. The molecule has 5 atom stereocenters. The molecule has 8 heteroatoms. The molecule has 3 aliphatic rings. The highest BCUT2D eigenvalue weighted by molar-refractivity contribution is 6.72. The standard InChI is InChI=1S/C31H41FN2O4Si/c1-21-27(38-28(31(21)39(2,3)32)19-30(37)33-18-6-8-25(33)20-35)16-12-22-10-14-24(15-11-22)34-26-9-5-4-7-23(26)13-17-29(34)36/h4-5,7,9-11,14-15,21,25,27-28,31,35H,6,8,12-13,16-20H2,1-3H3/t21-,25+,27+,28-,31+/m1/s1. The molecule has 210 valence electrons. The minimum Gasteiger partial charge on any atom is -0.394 e. The van der Waals surface area contributed by atoms with Crippen LogP contribution in [0, 0.1) is 5.92 Å². The lowest BCUT2D eigenvalue weighted by molar-refractivity contribution is -0.135. The maximum atomic E-state index is 15.5. The highest BCUT2D eigenvalue weighted by Crippen LogP contribution is 2.47. The van der Waals surface area contributed by atoms with E-state index in [0.717, 1.165) is 49.0 Å². The predicted molar refractivity (Wildman–Crippen MR) is 153 cm³/mol. The van der Waals surface area contributed by atoms with Gasteiger partial charge in [-0.25, -0.2) is 0 Å². The van der Waals surface area contributed by atoms with Gasteiger partial charge >= 0.3 is 0 Å². The molecule has 3 heterocycles. The van der Waals surface area contributed by atoms with E-state index in [4.69, 9.17) is 4.74 Å². The van der Waals surface area contributed by atoms with E-state index in [1.54, 1.807) is 18.0 Å². The molecule has 0 aromatic heterocycles. The second kappa shape index (κ2) is 11.5. The summed E-state index contributed by atoms with van der Waals surface area (Å²) >= 11 is 0. The zero-order valence-corrected chi connectivity index (χ0v) is 24.3. The van der Waals surface area contributed by atoms with Crippen molar-refractivity contribution in [2.75, 3.05) is 18.1 Å². The molecular weight excluding hydrogens is 511 g/mol. The average molecular weight is 553 g/mol. The highest BCUT2D eigenvalue weighted by atomic mass is 28.4. The van der Waals surface area contributed by atoms with Gasteiger partial charge in [-0.2, -0.15) is 0 Å². The Kier molecular flexibility index (Phi) is 8.26. The van der Waals surface area contributed by atoms with Crippen LogP contribution in [0.4, 0.5) is 15.5 Å². The highest BCUT2D eigenvalue weighted by Gasteiger charge is 2.52. The van der Waals surface area contributed by atoms with Crippen LogP contribution in [0.25, 0.3) is 0 Å². The number of ether oxygens (including phenoxy) is 1. The minimum atomic E-state index is -3.08. The van der Waals surface area contributed by atoms with Crippen LogP contribution in [0.5, 0.6) is 0 Å². The molecule has 2 saturated heterocycles. The summed E-state index contributed by atoms with van der Waals surface area (Å²) in [7, 11) is -3.08. The third kappa shape index (κ3) is 5.83. The lowest BCUT2D eigenvalue weighted by atomic mass is 9.94. The Bertz CT molecular complexity index is 1180. The van der Waals surface area contributed by atoms with Gasteiger partial charge < -0.3 is 18.9 Å². The molecule has 6 nitrogen and oxygen atoms in total. The second-order valence-corrected chi connectivity index (χ2v) is 15.8. The Labute approximate surface area is 232 Å². The summed E-state index contributed by atoms with van der Waals surface area (Å²) in [4.78, 5) is 29.4. The molecule has 39 heavy (non-hydrogen) atoms. The Balaban J connectivity index is 1.24. The zero-order chi connectivity index (χ0) is 27.7. The van der Waals surface area contributed by atoms with Crippen molar-refractivity contribution in [3.05, 3.63) is 59.7 Å². The number of aryl methyl sites for hydroxylation is 2. The first-order valence-electron chi connectivity index (χ1n) is 14.4. The number of aliphatic hydroxyl groups excluding tert-OH is 1. The molecule has 0 radical (unpaired) electrons. The van der Waals surface area contributed by atoms with Crippen molar-refractivity contribution >= 4 is 31.6 Å². The molecule has 0 aliphatic carbocycles. The van der Waals surface area contributed by atoms with Crippen LogP contribution < -0.4 is 4.90 Å². The number of halogens is 1.